The fourth-order valence-corrected chi connectivity index (χ4v) is 4.61. The average Bonchev–Trinajstić information content (AvgIpc) is 3.23. The van der Waals surface area contributed by atoms with Crippen molar-refractivity contribution in [1.82, 2.24) is 9.88 Å². The van der Waals surface area contributed by atoms with Crippen LogP contribution in [0.4, 0.5) is 16.2 Å². The maximum atomic E-state index is 12.5. The minimum absolute atomic E-state index is 0.365. The largest absolute Gasteiger partial charge is 0.361 e. The van der Waals surface area contributed by atoms with Gasteiger partial charge in [0.25, 0.3) is 0 Å². The number of hydrogen-bond acceptors (Lipinski definition) is 3. The van der Waals surface area contributed by atoms with E-state index in [9.17, 15) is 9.59 Å². The van der Waals surface area contributed by atoms with Crippen LogP contribution in [-0.4, -0.2) is 41.8 Å². The fraction of sp³-hybridized carbons (Fsp3) is 0.385. The number of carbonyl (C=O) groups is 2. The number of nitrogens with zero attached hydrogens (tertiary/aromatic N) is 1. The Morgan fingerprint density at radius 3 is 2.72 bits per heavy atom. The number of benzene rings is 2. The van der Waals surface area contributed by atoms with Crippen LogP contribution < -0.4 is 10.6 Å². The summed E-state index contributed by atoms with van der Waals surface area (Å²) in [4.78, 5) is 29.7. The maximum absolute atomic E-state index is 12.5. The molecule has 6 heteroatoms. The molecule has 2 aromatic carbocycles. The molecular weight excluding hydrogens is 400 g/mol. The first-order valence-electron chi connectivity index (χ1n) is 11.6. The molecule has 3 N–H and O–H groups in total. The van der Waals surface area contributed by atoms with Crippen LogP contribution in [0.3, 0.4) is 0 Å². The number of aromatic amines is 1. The van der Waals surface area contributed by atoms with E-state index in [1.807, 2.05) is 18.2 Å². The van der Waals surface area contributed by atoms with Crippen LogP contribution in [0, 0.1) is 0 Å². The number of unbranched alkanes of at least 4 members (excludes halogenated alkanes) is 2. The summed E-state index contributed by atoms with van der Waals surface area (Å²) in [5.41, 5.74) is 4.10. The monoisotopic (exact) mass is 432 g/mol. The quantitative estimate of drug-likeness (QED) is 0.302. The molecule has 0 saturated carbocycles. The Morgan fingerprint density at radius 1 is 1.12 bits per heavy atom. The highest BCUT2D eigenvalue weighted by Gasteiger charge is 2.22. The zero-order valence-corrected chi connectivity index (χ0v) is 18.7. The highest BCUT2D eigenvalue weighted by molar-refractivity contribution is 6.03. The lowest BCUT2D eigenvalue weighted by Gasteiger charge is -2.32. The molecule has 1 aliphatic heterocycles. The molecule has 0 bridgehead atoms. The molecule has 2 amide bonds. The maximum Gasteiger partial charge on any atom is 0.323 e. The summed E-state index contributed by atoms with van der Waals surface area (Å²) in [7, 11) is 0. The van der Waals surface area contributed by atoms with Gasteiger partial charge in [0, 0.05) is 28.4 Å². The van der Waals surface area contributed by atoms with Gasteiger partial charge in [0.15, 0.2) is 6.29 Å². The summed E-state index contributed by atoms with van der Waals surface area (Å²) in [5, 5.41) is 6.83. The first kappa shape index (κ1) is 22.1. The molecule has 0 radical (unpaired) electrons. The number of nitrogens with one attached hydrogen (secondary N) is 3. The van der Waals surface area contributed by atoms with E-state index in [-0.39, 0.29) is 6.03 Å². The molecular formula is C26H32N4O2. The molecule has 2 heterocycles. The zero-order chi connectivity index (χ0) is 22.3. The predicted octanol–water partition coefficient (Wildman–Crippen LogP) is 5.99. The summed E-state index contributed by atoms with van der Waals surface area (Å²) < 4.78 is 0. The number of rotatable bonds is 8. The lowest BCUT2D eigenvalue weighted by molar-refractivity contribution is 0.112. The van der Waals surface area contributed by atoms with Gasteiger partial charge in [-0.1, -0.05) is 31.9 Å². The first-order chi connectivity index (χ1) is 15.7. The Morgan fingerprint density at radius 2 is 1.94 bits per heavy atom. The highest BCUT2D eigenvalue weighted by atomic mass is 16.2. The van der Waals surface area contributed by atoms with E-state index >= 15 is 0 Å². The number of fused-ring (bicyclic) bond motifs is 1. The van der Waals surface area contributed by atoms with Crippen LogP contribution >= 0.6 is 0 Å². The molecule has 1 aromatic heterocycles. The minimum Gasteiger partial charge on any atom is -0.361 e. The number of carbonyl (C=O) groups excluding carboxylic acids is 2. The fourth-order valence-electron chi connectivity index (χ4n) is 4.61. The van der Waals surface area contributed by atoms with Gasteiger partial charge in [-0.2, -0.15) is 0 Å². The third-order valence-corrected chi connectivity index (χ3v) is 6.41. The number of hydrogen-bond donors (Lipinski definition) is 3. The van der Waals surface area contributed by atoms with Crippen molar-refractivity contribution in [2.24, 2.45) is 0 Å². The number of aromatic nitrogens is 1. The Bertz CT molecular complexity index is 1070. The number of urea groups is 1. The van der Waals surface area contributed by atoms with Crippen LogP contribution in [0.25, 0.3) is 10.9 Å². The van der Waals surface area contributed by atoms with E-state index in [2.05, 4.69) is 33.6 Å². The van der Waals surface area contributed by atoms with Crippen molar-refractivity contribution in [2.75, 3.05) is 30.3 Å². The van der Waals surface area contributed by atoms with Crippen LogP contribution in [0.5, 0.6) is 0 Å². The second kappa shape index (κ2) is 10.5. The van der Waals surface area contributed by atoms with Gasteiger partial charge < -0.3 is 20.5 Å². The van der Waals surface area contributed by atoms with Gasteiger partial charge in [-0.3, -0.25) is 4.79 Å². The molecule has 0 aliphatic carbocycles. The van der Waals surface area contributed by atoms with Crippen molar-refractivity contribution in [2.45, 2.75) is 44.9 Å². The third kappa shape index (κ3) is 5.19. The van der Waals surface area contributed by atoms with Crippen LogP contribution in [0.2, 0.25) is 0 Å². The number of piperidine rings is 1. The number of amides is 2. The number of anilines is 2. The van der Waals surface area contributed by atoms with Gasteiger partial charge in [-0.15, -0.1) is 0 Å². The molecule has 1 aliphatic rings. The summed E-state index contributed by atoms with van der Waals surface area (Å²) in [5.74, 6) is 0.537. The first-order valence-corrected chi connectivity index (χ1v) is 11.6. The third-order valence-electron chi connectivity index (χ3n) is 6.41. The van der Waals surface area contributed by atoms with Crippen molar-refractivity contribution < 1.29 is 9.59 Å². The van der Waals surface area contributed by atoms with Crippen molar-refractivity contribution >= 4 is 34.6 Å². The Labute approximate surface area is 189 Å². The summed E-state index contributed by atoms with van der Waals surface area (Å²) in [6.45, 7) is 5.76. The number of para-hydroxylation sites is 1. The normalized spacial score (nSPS) is 15.0. The molecule has 1 fully saturated rings. The molecule has 168 valence electrons. The molecule has 4 rings (SSSR count). The van der Waals surface area contributed by atoms with Gasteiger partial charge >= 0.3 is 6.03 Å². The summed E-state index contributed by atoms with van der Waals surface area (Å²) >= 11 is 0. The summed E-state index contributed by atoms with van der Waals surface area (Å²) in [6, 6.07) is 12.5. The lowest BCUT2D eigenvalue weighted by Crippen LogP contribution is -2.33. The van der Waals surface area contributed by atoms with E-state index < -0.39 is 0 Å². The van der Waals surface area contributed by atoms with Crippen molar-refractivity contribution in [1.29, 1.82) is 0 Å². The second-order valence-electron chi connectivity index (χ2n) is 8.61. The summed E-state index contributed by atoms with van der Waals surface area (Å²) in [6.07, 6.45) is 9.08. The molecule has 0 unspecified atom stereocenters. The van der Waals surface area contributed by atoms with E-state index in [1.165, 1.54) is 49.6 Å². The predicted molar refractivity (Wildman–Crippen MR) is 131 cm³/mol. The average molecular weight is 433 g/mol. The van der Waals surface area contributed by atoms with E-state index in [0.717, 1.165) is 30.6 Å². The Balaban J connectivity index is 1.42. The van der Waals surface area contributed by atoms with Gasteiger partial charge in [-0.05, 0) is 80.7 Å². The standard InChI is InChI=1S/C26H32N4O2/c1-2-3-6-13-30-14-11-19(12-15-30)23-17-27-25-10-9-21(16-22(23)25)28-26(32)29-24-8-5-4-7-20(24)18-31/h4-5,7-10,16-19,27H,2-3,6,11-15H2,1H3,(H2,28,29,32). The second-order valence-corrected chi connectivity index (χ2v) is 8.61. The number of H-pyrrole nitrogens is 1. The van der Waals surface area contributed by atoms with E-state index in [4.69, 9.17) is 0 Å². The van der Waals surface area contributed by atoms with Gasteiger partial charge in [0.05, 0.1) is 5.69 Å². The molecule has 32 heavy (non-hydrogen) atoms. The molecule has 3 aromatic rings. The van der Waals surface area contributed by atoms with Crippen LogP contribution in [0.1, 0.15) is 60.9 Å². The SMILES string of the molecule is CCCCCN1CCC(c2c[nH]c3ccc(NC(=O)Nc4ccccc4C=O)cc23)CC1. The number of likely N-dealkylation sites (tertiary alicyclic amines) is 1. The Hall–Kier alpha value is -3.12. The molecule has 0 atom stereocenters. The number of aldehydes is 1. The van der Waals surface area contributed by atoms with Crippen molar-refractivity contribution in [3.8, 4) is 0 Å². The molecule has 6 nitrogen and oxygen atoms in total. The van der Waals surface area contributed by atoms with Gasteiger partial charge in [-0.25, -0.2) is 4.79 Å². The molecule has 0 spiro atoms. The van der Waals surface area contributed by atoms with E-state index in [0.29, 0.717) is 17.2 Å². The topological polar surface area (TPSA) is 77.2 Å². The highest BCUT2D eigenvalue weighted by Crippen LogP contribution is 2.34. The minimum atomic E-state index is -0.365. The Kier molecular flexibility index (Phi) is 7.22. The molecule has 1 saturated heterocycles. The smallest absolute Gasteiger partial charge is 0.323 e. The van der Waals surface area contributed by atoms with Crippen molar-refractivity contribution in [3.05, 3.63) is 59.8 Å². The van der Waals surface area contributed by atoms with Gasteiger partial charge in [0.2, 0.25) is 0 Å². The van der Waals surface area contributed by atoms with E-state index in [1.54, 1.807) is 24.3 Å². The zero-order valence-electron chi connectivity index (χ0n) is 18.7. The van der Waals surface area contributed by atoms with Crippen LogP contribution in [0.15, 0.2) is 48.7 Å². The lowest BCUT2D eigenvalue weighted by atomic mass is 9.89. The van der Waals surface area contributed by atoms with Crippen molar-refractivity contribution in [3.63, 3.8) is 0 Å². The van der Waals surface area contributed by atoms with Crippen LogP contribution in [-0.2, 0) is 0 Å². The van der Waals surface area contributed by atoms with Gasteiger partial charge in [0.1, 0.15) is 0 Å².